The first-order valence-corrected chi connectivity index (χ1v) is 7.29. The molecule has 0 saturated carbocycles. The molecule has 0 aliphatic carbocycles. The number of hydrogen-bond donors (Lipinski definition) is 2. The summed E-state index contributed by atoms with van der Waals surface area (Å²) in [5, 5.41) is 4.94. The van der Waals surface area contributed by atoms with Crippen molar-refractivity contribution in [2.24, 2.45) is 0 Å². The number of nitrogens with two attached hydrogens (primary N) is 1. The minimum absolute atomic E-state index is 0.0849. The number of alkyl halides is 3. The van der Waals surface area contributed by atoms with Gasteiger partial charge in [0, 0.05) is 10.9 Å². The number of rotatable bonds is 5. The van der Waals surface area contributed by atoms with Crippen LogP contribution in [0.25, 0.3) is 0 Å². The molecule has 0 radical (unpaired) electrons. The minimum Gasteiger partial charge on any atom is -0.368 e. The molecule has 0 saturated heterocycles. The average molecular weight is 316 g/mol. The Morgan fingerprint density at radius 1 is 1.38 bits per heavy atom. The van der Waals surface area contributed by atoms with Gasteiger partial charge in [-0.2, -0.15) is 18.2 Å². The molecule has 8 heteroatoms. The number of aromatic nitrogens is 2. The molecule has 3 N–H and O–H groups in total. The van der Waals surface area contributed by atoms with E-state index in [1.165, 1.54) is 0 Å². The first-order valence-electron chi connectivity index (χ1n) is 6.42. The van der Waals surface area contributed by atoms with Gasteiger partial charge in [-0.3, -0.25) is 0 Å². The average Bonchev–Trinajstić information content (AvgIpc) is 2.90. The summed E-state index contributed by atoms with van der Waals surface area (Å²) in [6, 6.07) is 4.63. The van der Waals surface area contributed by atoms with Gasteiger partial charge in [0.1, 0.15) is 5.82 Å². The van der Waals surface area contributed by atoms with E-state index in [0.29, 0.717) is 0 Å². The van der Waals surface area contributed by atoms with E-state index in [4.69, 9.17) is 5.73 Å². The lowest BCUT2D eigenvalue weighted by atomic mass is 10.1. The maximum atomic E-state index is 12.7. The number of hydrogen-bond acceptors (Lipinski definition) is 5. The minimum atomic E-state index is -4.54. The molecule has 1 atom stereocenters. The summed E-state index contributed by atoms with van der Waals surface area (Å²) < 4.78 is 38.2. The van der Waals surface area contributed by atoms with Crippen molar-refractivity contribution in [2.75, 3.05) is 11.1 Å². The van der Waals surface area contributed by atoms with E-state index >= 15 is 0 Å². The van der Waals surface area contributed by atoms with Gasteiger partial charge in [-0.05, 0) is 17.9 Å². The molecular formula is C13H15F3N4S. The van der Waals surface area contributed by atoms with Gasteiger partial charge in [0.15, 0.2) is 5.69 Å². The predicted molar refractivity (Wildman–Crippen MR) is 77.0 cm³/mol. The number of halogens is 3. The first kappa shape index (κ1) is 15.6. The highest BCUT2D eigenvalue weighted by molar-refractivity contribution is 7.10. The van der Waals surface area contributed by atoms with Gasteiger partial charge >= 0.3 is 6.18 Å². The lowest BCUT2D eigenvalue weighted by molar-refractivity contribution is -0.141. The van der Waals surface area contributed by atoms with E-state index in [1.807, 2.05) is 24.4 Å². The standard InChI is InChI=1S/C13H15F3N4S/c1-2-4-8(9-5-3-6-21-9)18-11-7-10(13(14,15)16)19-12(17)20-11/h3,5-8H,2,4H2,1H3,(H3,17,18,19,20). The number of nitrogens with zero attached hydrogens (tertiary/aromatic N) is 2. The fourth-order valence-electron chi connectivity index (χ4n) is 1.93. The van der Waals surface area contributed by atoms with Crippen molar-refractivity contribution in [1.82, 2.24) is 9.97 Å². The molecule has 114 valence electrons. The first-order chi connectivity index (χ1) is 9.90. The van der Waals surface area contributed by atoms with Crippen molar-refractivity contribution in [1.29, 1.82) is 0 Å². The topological polar surface area (TPSA) is 63.8 Å². The Labute approximate surface area is 124 Å². The normalized spacial score (nSPS) is 13.1. The Bertz CT molecular complexity index is 584. The third kappa shape index (κ3) is 4.07. The van der Waals surface area contributed by atoms with Crippen LogP contribution in [-0.2, 0) is 6.18 Å². The highest BCUT2D eigenvalue weighted by Gasteiger charge is 2.33. The van der Waals surface area contributed by atoms with Gasteiger partial charge in [0.25, 0.3) is 0 Å². The summed E-state index contributed by atoms with van der Waals surface area (Å²) in [7, 11) is 0. The van der Waals surface area contributed by atoms with Crippen molar-refractivity contribution in [3.63, 3.8) is 0 Å². The molecule has 1 unspecified atom stereocenters. The third-order valence-corrected chi connectivity index (χ3v) is 3.81. The third-order valence-electron chi connectivity index (χ3n) is 2.82. The van der Waals surface area contributed by atoms with E-state index in [0.717, 1.165) is 23.8 Å². The van der Waals surface area contributed by atoms with Gasteiger partial charge in [-0.15, -0.1) is 11.3 Å². The molecule has 0 amide bonds. The van der Waals surface area contributed by atoms with Crippen LogP contribution in [0.5, 0.6) is 0 Å². The van der Waals surface area contributed by atoms with E-state index in [9.17, 15) is 13.2 Å². The smallest absolute Gasteiger partial charge is 0.368 e. The maximum absolute atomic E-state index is 12.7. The number of nitrogen functional groups attached to an aromatic ring is 1. The van der Waals surface area contributed by atoms with Crippen LogP contribution in [0.15, 0.2) is 23.6 Å². The van der Waals surface area contributed by atoms with Gasteiger partial charge < -0.3 is 11.1 Å². The lowest BCUT2D eigenvalue weighted by Gasteiger charge is -2.18. The second kappa shape index (κ2) is 6.30. The van der Waals surface area contributed by atoms with Gasteiger partial charge in [0.2, 0.25) is 5.95 Å². The van der Waals surface area contributed by atoms with Crippen LogP contribution in [0.3, 0.4) is 0 Å². The summed E-state index contributed by atoms with van der Waals surface area (Å²) in [6.45, 7) is 2.01. The molecule has 2 aromatic heterocycles. The second-order valence-electron chi connectivity index (χ2n) is 4.50. The van der Waals surface area contributed by atoms with Crippen molar-refractivity contribution < 1.29 is 13.2 Å². The van der Waals surface area contributed by atoms with E-state index in [2.05, 4.69) is 15.3 Å². The van der Waals surface area contributed by atoms with Crippen LogP contribution in [0.4, 0.5) is 24.9 Å². The molecule has 2 aromatic rings. The Morgan fingerprint density at radius 2 is 2.14 bits per heavy atom. The van der Waals surface area contributed by atoms with Crippen LogP contribution in [0.2, 0.25) is 0 Å². The highest BCUT2D eigenvalue weighted by atomic mass is 32.1. The van der Waals surface area contributed by atoms with Crippen LogP contribution in [0.1, 0.15) is 36.4 Å². The number of thiophene rings is 1. The summed E-state index contributed by atoms with van der Waals surface area (Å²) in [5.74, 6) is -0.310. The van der Waals surface area contributed by atoms with Gasteiger partial charge in [0.05, 0.1) is 6.04 Å². The molecule has 0 aromatic carbocycles. The van der Waals surface area contributed by atoms with Gasteiger partial charge in [-0.25, -0.2) is 4.98 Å². The highest BCUT2D eigenvalue weighted by Crippen LogP contribution is 2.31. The van der Waals surface area contributed by atoms with E-state index < -0.39 is 17.8 Å². The number of anilines is 2. The maximum Gasteiger partial charge on any atom is 0.433 e. The SMILES string of the molecule is CCCC(Nc1cc(C(F)(F)F)nc(N)n1)c1cccs1. The molecule has 0 bridgehead atoms. The zero-order valence-corrected chi connectivity index (χ0v) is 12.1. The summed E-state index contributed by atoms with van der Waals surface area (Å²) in [4.78, 5) is 8.11. The van der Waals surface area contributed by atoms with E-state index in [-0.39, 0.29) is 11.9 Å². The zero-order valence-electron chi connectivity index (χ0n) is 11.3. The van der Waals surface area contributed by atoms with Crippen LogP contribution < -0.4 is 11.1 Å². The molecule has 0 fully saturated rings. The molecule has 0 aliphatic heterocycles. The monoisotopic (exact) mass is 316 g/mol. The molecule has 2 rings (SSSR count). The predicted octanol–water partition coefficient (Wildman–Crippen LogP) is 4.09. The van der Waals surface area contributed by atoms with Crippen LogP contribution in [0, 0.1) is 0 Å². The lowest BCUT2D eigenvalue weighted by Crippen LogP contribution is -2.15. The van der Waals surface area contributed by atoms with E-state index in [1.54, 1.807) is 11.3 Å². The van der Waals surface area contributed by atoms with Crippen LogP contribution in [-0.4, -0.2) is 9.97 Å². The van der Waals surface area contributed by atoms with Crippen molar-refractivity contribution in [2.45, 2.75) is 32.0 Å². The summed E-state index contributed by atoms with van der Waals surface area (Å²) in [5.41, 5.74) is 4.32. The van der Waals surface area contributed by atoms with Crippen molar-refractivity contribution >= 4 is 23.1 Å². The Hall–Kier alpha value is -1.83. The van der Waals surface area contributed by atoms with Crippen LogP contribution >= 0.6 is 11.3 Å². The molecule has 0 spiro atoms. The van der Waals surface area contributed by atoms with Crippen molar-refractivity contribution in [3.05, 3.63) is 34.2 Å². The molecule has 21 heavy (non-hydrogen) atoms. The Kier molecular flexibility index (Phi) is 4.66. The molecule has 2 heterocycles. The molecule has 0 aliphatic rings. The largest absolute Gasteiger partial charge is 0.433 e. The van der Waals surface area contributed by atoms with Crippen molar-refractivity contribution in [3.8, 4) is 0 Å². The fraction of sp³-hybridized carbons (Fsp3) is 0.385. The zero-order chi connectivity index (χ0) is 15.5. The fourth-order valence-corrected chi connectivity index (χ4v) is 2.74. The summed E-state index contributed by atoms with van der Waals surface area (Å²) in [6.07, 6.45) is -2.87. The Balaban J connectivity index is 2.26. The van der Waals surface area contributed by atoms with Gasteiger partial charge in [-0.1, -0.05) is 19.4 Å². The number of nitrogens with one attached hydrogen (secondary N) is 1. The molecular weight excluding hydrogens is 301 g/mol. The Morgan fingerprint density at radius 3 is 2.71 bits per heavy atom. The summed E-state index contributed by atoms with van der Waals surface area (Å²) >= 11 is 1.54. The molecule has 4 nitrogen and oxygen atoms in total. The quantitative estimate of drug-likeness (QED) is 0.872. The second-order valence-corrected chi connectivity index (χ2v) is 5.47.